The molecule has 22 heavy (non-hydrogen) atoms. The summed E-state index contributed by atoms with van der Waals surface area (Å²) in [6.07, 6.45) is -4.16. The molecule has 4 nitrogen and oxygen atoms in total. The average molecular weight is 322 g/mol. The largest absolute Gasteiger partial charge is 0.401 e. The quantitative estimate of drug-likeness (QED) is 0.623. The van der Waals surface area contributed by atoms with E-state index >= 15 is 0 Å². The first kappa shape index (κ1) is 19.1. The van der Waals surface area contributed by atoms with Gasteiger partial charge >= 0.3 is 6.18 Å². The van der Waals surface area contributed by atoms with E-state index in [-0.39, 0.29) is 17.5 Å². The molecule has 0 aliphatic carbocycles. The zero-order chi connectivity index (χ0) is 17.2. The highest BCUT2D eigenvalue weighted by atomic mass is 19.4. The summed E-state index contributed by atoms with van der Waals surface area (Å²) in [7, 11) is 1.46. The van der Waals surface area contributed by atoms with Gasteiger partial charge in [-0.05, 0) is 27.8 Å². The van der Waals surface area contributed by atoms with Crippen molar-refractivity contribution in [3.8, 4) is 0 Å². The molecule has 7 heteroatoms. The number of likely N-dealkylation sites (tertiary alicyclic amines) is 1. The maximum Gasteiger partial charge on any atom is 0.401 e. The molecule has 130 valence electrons. The molecule has 0 radical (unpaired) electrons. The predicted octanol–water partition coefficient (Wildman–Crippen LogP) is 2.57. The van der Waals surface area contributed by atoms with Gasteiger partial charge in [-0.3, -0.25) is 9.89 Å². The molecule has 1 saturated heterocycles. The lowest BCUT2D eigenvalue weighted by molar-refractivity contribution is -0.142. The minimum atomic E-state index is -4.16. The van der Waals surface area contributed by atoms with Crippen molar-refractivity contribution in [1.29, 1.82) is 0 Å². The molecule has 0 spiro atoms. The van der Waals surface area contributed by atoms with E-state index in [4.69, 9.17) is 0 Å². The van der Waals surface area contributed by atoms with Crippen LogP contribution in [0.4, 0.5) is 13.2 Å². The Morgan fingerprint density at radius 2 is 1.86 bits per heavy atom. The third kappa shape index (κ3) is 4.51. The molecule has 0 atom stereocenters. The summed E-state index contributed by atoms with van der Waals surface area (Å²) < 4.78 is 36.9. The third-order valence-electron chi connectivity index (χ3n) is 4.67. The van der Waals surface area contributed by atoms with Gasteiger partial charge < -0.3 is 10.2 Å². The topological polar surface area (TPSA) is 30.9 Å². The first-order valence-corrected chi connectivity index (χ1v) is 7.72. The van der Waals surface area contributed by atoms with Crippen molar-refractivity contribution in [1.82, 2.24) is 15.1 Å². The van der Waals surface area contributed by atoms with Crippen LogP contribution in [0.25, 0.3) is 0 Å². The molecule has 0 amide bonds. The summed E-state index contributed by atoms with van der Waals surface area (Å²) in [5, 5.41) is 3.24. The Labute approximate surface area is 131 Å². The lowest BCUT2D eigenvalue weighted by Gasteiger charge is -2.62. The smallest absolute Gasteiger partial charge is 0.356 e. The van der Waals surface area contributed by atoms with Gasteiger partial charge in [-0.1, -0.05) is 13.8 Å². The van der Waals surface area contributed by atoms with Gasteiger partial charge in [0.25, 0.3) is 0 Å². The van der Waals surface area contributed by atoms with Gasteiger partial charge in [0.1, 0.15) is 0 Å². The molecule has 0 unspecified atom stereocenters. The molecule has 1 aliphatic rings. The van der Waals surface area contributed by atoms with Crippen molar-refractivity contribution in [2.75, 3.05) is 39.8 Å². The van der Waals surface area contributed by atoms with E-state index in [2.05, 4.69) is 42.9 Å². The van der Waals surface area contributed by atoms with Crippen LogP contribution in [-0.2, 0) is 0 Å². The van der Waals surface area contributed by atoms with E-state index in [1.54, 1.807) is 0 Å². The number of nitrogens with one attached hydrogen (secondary N) is 1. The van der Waals surface area contributed by atoms with Crippen LogP contribution in [0.15, 0.2) is 4.99 Å². The molecule has 1 heterocycles. The zero-order valence-electron chi connectivity index (χ0n) is 14.5. The number of hydrogen-bond donors (Lipinski definition) is 1. The number of hydrogen-bond acceptors (Lipinski definition) is 2. The van der Waals surface area contributed by atoms with Gasteiger partial charge in [-0.15, -0.1) is 0 Å². The lowest BCUT2D eigenvalue weighted by atomic mass is 9.65. The Kier molecular flexibility index (Phi) is 5.76. The molecule has 0 aromatic carbocycles. The van der Waals surface area contributed by atoms with Crippen LogP contribution in [0.2, 0.25) is 0 Å². The van der Waals surface area contributed by atoms with Crippen LogP contribution >= 0.6 is 0 Å². The van der Waals surface area contributed by atoms with Crippen molar-refractivity contribution in [3.05, 3.63) is 0 Å². The normalized spacial score (nSPS) is 21.0. The highest BCUT2D eigenvalue weighted by molar-refractivity contribution is 5.82. The fraction of sp³-hybridized carbons (Fsp3) is 0.933. The number of aliphatic imine (C=N–C) groups is 1. The summed E-state index contributed by atoms with van der Waals surface area (Å²) in [5.74, 6) is 0.784. The summed E-state index contributed by atoms with van der Waals surface area (Å²) in [4.78, 5) is 7.93. The fourth-order valence-corrected chi connectivity index (χ4v) is 2.51. The standard InChI is InChI=1S/C15H29F3N4/c1-7-19-12(22-10-13(2,3)14(22,4)5)20-8-9-21(6)11-15(16,17)18/h7-11H2,1-6H3,(H,19,20). The molecule has 1 aliphatic heterocycles. The van der Waals surface area contributed by atoms with E-state index in [0.29, 0.717) is 6.54 Å². The molecular formula is C15H29F3N4. The van der Waals surface area contributed by atoms with Gasteiger partial charge in [-0.2, -0.15) is 13.2 Å². The first-order valence-electron chi connectivity index (χ1n) is 7.72. The van der Waals surface area contributed by atoms with E-state index in [0.717, 1.165) is 19.0 Å². The van der Waals surface area contributed by atoms with E-state index in [1.165, 1.54) is 11.9 Å². The summed E-state index contributed by atoms with van der Waals surface area (Å²) >= 11 is 0. The van der Waals surface area contributed by atoms with Crippen molar-refractivity contribution in [3.63, 3.8) is 0 Å². The minimum absolute atomic E-state index is 0.0219. The van der Waals surface area contributed by atoms with Crippen molar-refractivity contribution in [2.24, 2.45) is 10.4 Å². The predicted molar refractivity (Wildman–Crippen MR) is 84.1 cm³/mol. The Balaban J connectivity index is 2.61. The van der Waals surface area contributed by atoms with Crippen molar-refractivity contribution < 1.29 is 13.2 Å². The number of guanidine groups is 1. The minimum Gasteiger partial charge on any atom is -0.356 e. The van der Waals surface area contributed by atoms with Crippen LogP contribution in [0.3, 0.4) is 0 Å². The van der Waals surface area contributed by atoms with Crippen LogP contribution in [0.1, 0.15) is 34.6 Å². The monoisotopic (exact) mass is 322 g/mol. The van der Waals surface area contributed by atoms with Gasteiger partial charge in [0, 0.05) is 30.6 Å². The van der Waals surface area contributed by atoms with Crippen LogP contribution in [-0.4, -0.2) is 67.2 Å². The number of rotatable bonds is 5. The molecule has 1 fully saturated rings. The van der Waals surface area contributed by atoms with Crippen LogP contribution in [0.5, 0.6) is 0 Å². The second-order valence-electron chi connectivity index (χ2n) is 7.12. The van der Waals surface area contributed by atoms with Gasteiger partial charge in [0.2, 0.25) is 0 Å². The molecule has 0 aromatic heterocycles. The highest BCUT2D eigenvalue weighted by Gasteiger charge is 2.53. The van der Waals surface area contributed by atoms with Gasteiger partial charge in [-0.25, -0.2) is 0 Å². The van der Waals surface area contributed by atoms with E-state index in [1.807, 2.05) is 6.92 Å². The second kappa shape index (κ2) is 6.64. The van der Waals surface area contributed by atoms with Crippen LogP contribution in [0, 0.1) is 5.41 Å². The maximum atomic E-state index is 12.3. The average Bonchev–Trinajstić information content (AvgIpc) is 2.33. The summed E-state index contributed by atoms with van der Waals surface area (Å²) in [6, 6.07) is 0. The fourth-order valence-electron chi connectivity index (χ4n) is 2.51. The van der Waals surface area contributed by atoms with Crippen molar-refractivity contribution in [2.45, 2.75) is 46.3 Å². The van der Waals surface area contributed by atoms with Crippen LogP contribution < -0.4 is 5.32 Å². The number of nitrogens with zero attached hydrogens (tertiary/aromatic N) is 3. The second-order valence-corrected chi connectivity index (χ2v) is 7.12. The Bertz CT molecular complexity index is 402. The van der Waals surface area contributed by atoms with Gasteiger partial charge in [0.15, 0.2) is 5.96 Å². The summed E-state index contributed by atoms with van der Waals surface area (Å²) in [6.45, 7) is 12.1. The van der Waals surface area contributed by atoms with E-state index < -0.39 is 12.7 Å². The zero-order valence-corrected chi connectivity index (χ0v) is 14.5. The lowest BCUT2D eigenvalue weighted by Crippen LogP contribution is -2.72. The highest BCUT2D eigenvalue weighted by Crippen LogP contribution is 2.46. The number of likely N-dealkylation sites (N-methyl/N-ethyl adjacent to an activating group) is 1. The third-order valence-corrected chi connectivity index (χ3v) is 4.67. The molecular weight excluding hydrogens is 293 g/mol. The first-order chi connectivity index (χ1) is 9.90. The molecule has 0 aromatic rings. The number of alkyl halides is 3. The molecule has 1 rings (SSSR count). The SMILES string of the molecule is CCNC(=NCCN(C)CC(F)(F)F)N1CC(C)(C)C1(C)C. The van der Waals surface area contributed by atoms with Gasteiger partial charge in [0.05, 0.1) is 13.1 Å². The Morgan fingerprint density at radius 1 is 1.27 bits per heavy atom. The maximum absolute atomic E-state index is 12.3. The Hall–Kier alpha value is -0.980. The molecule has 0 bridgehead atoms. The molecule has 1 N–H and O–H groups in total. The van der Waals surface area contributed by atoms with E-state index in [9.17, 15) is 13.2 Å². The molecule has 0 saturated carbocycles. The Morgan fingerprint density at radius 3 is 2.27 bits per heavy atom. The number of halogens is 3. The summed E-state index contributed by atoms with van der Waals surface area (Å²) in [5.41, 5.74) is 0.169. The van der Waals surface area contributed by atoms with Crippen molar-refractivity contribution >= 4 is 5.96 Å².